The summed E-state index contributed by atoms with van der Waals surface area (Å²) in [5.41, 5.74) is 0.772. The van der Waals surface area contributed by atoms with Gasteiger partial charge in [0, 0.05) is 19.9 Å². The van der Waals surface area contributed by atoms with Gasteiger partial charge in [0.1, 0.15) is 0 Å². The van der Waals surface area contributed by atoms with Crippen molar-refractivity contribution in [2.24, 2.45) is 0 Å². The molecule has 7 heteroatoms. The lowest BCUT2D eigenvalue weighted by Gasteiger charge is -2.05. The third-order valence-electron chi connectivity index (χ3n) is 1.95. The summed E-state index contributed by atoms with van der Waals surface area (Å²) in [6.45, 7) is 2.18. The predicted molar refractivity (Wildman–Crippen MR) is 61.9 cm³/mol. The number of aromatic nitrogens is 2. The molecule has 0 aromatic carbocycles. The first-order chi connectivity index (χ1) is 8.63. The second-order valence-electron chi connectivity index (χ2n) is 3.46. The van der Waals surface area contributed by atoms with Crippen LogP contribution in [0.4, 0.5) is 0 Å². The Kier molecular flexibility index (Phi) is 5.72. The van der Waals surface area contributed by atoms with Gasteiger partial charge in [-0.15, -0.1) is 0 Å². The van der Waals surface area contributed by atoms with E-state index in [1.54, 1.807) is 6.92 Å². The standard InChI is InChI=1S/C11H15N3O4/c1-8-5-14-9(6-13-8)11(16)18-7-10(15)12-3-4-17-2/h5-6H,3-4,7H2,1-2H3,(H,12,15). The summed E-state index contributed by atoms with van der Waals surface area (Å²) in [4.78, 5) is 30.4. The van der Waals surface area contributed by atoms with E-state index in [1.807, 2.05) is 0 Å². The number of aryl methyl sites for hydroxylation is 1. The maximum absolute atomic E-state index is 11.5. The molecule has 7 nitrogen and oxygen atoms in total. The molecule has 0 aliphatic heterocycles. The van der Waals surface area contributed by atoms with Crippen LogP contribution in [0, 0.1) is 6.92 Å². The van der Waals surface area contributed by atoms with Crippen molar-refractivity contribution >= 4 is 11.9 Å². The molecular weight excluding hydrogens is 238 g/mol. The summed E-state index contributed by atoms with van der Waals surface area (Å²) in [6.07, 6.45) is 2.76. The SMILES string of the molecule is COCCNC(=O)COC(=O)c1cnc(C)cn1. The predicted octanol–water partition coefficient (Wildman–Crippen LogP) is -0.296. The summed E-state index contributed by atoms with van der Waals surface area (Å²) in [5.74, 6) is -1.06. The second-order valence-corrected chi connectivity index (χ2v) is 3.46. The maximum Gasteiger partial charge on any atom is 0.359 e. The molecule has 1 N–H and O–H groups in total. The number of hydrogen-bond acceptors (Lipinski definition) is 6. The number of carbonyl (C=O) groups excluding carboxylic acids is 2. The third-order valence-corrected chi connectivity index (χ3v) is 1.95. The number of methoxy groups -OCH3 is 1. The van der Waals surface area contributed by atoms with Gasteiger partial charge in [0.2, 0.25) is 0 Å². The molecule has 0 aliphatic carbocycles. The Morgan fingerprint density at radius 2 is 2.11 bits per heavy atom. The Balaban J connectivity index is 2.32. The van der Waals surface area contributed by atoms with E-state index in [1.165, 1.54) is 19.5 Å². The van der Waals surface area contributed by atoms with Gasteiger partial charge in [0.25, 0.3) is 5.91 Å². The van der Waals surface area contributed by atoms with E-state index in [0.29, 0.717) is 18.8 Å². The number of nitrogens with one attached hydrogen (secondary N) is 1. The first-order valence-corrected chi connectivity index (χ1v) is 5.35. The van der Waals surface area contributed by atoms with Crippen LogP contribution in [0.5, 0.6) is 0 Å². The minimum Gasteiger partial charge on any atom is -0.451 e. The quantitative estimate of drug-likeness (QED) is 0.553. The van der Waals surface area contributed by atoms with Crippen molar-refractivity contribution in [1.82, 2.24) is 15.3 Å². The summed E-state index contributed by atoms with van der Waals surface area (Å²) in [7, 11) is 1.53. The molecule has 0 saturated carbocycles. The van der Waals surface area contributed by atoms with Gasteiger partial charge in [0.05, 0.1) is 18.5 Å². The van der Waals surface area contributed by atoms with Gasteiger partial charge in [-0.2, -0.15) is 0 Å². The number of nitrogens with zero attached hydrogens (tertiary/aromatic N) is 2. The van der Waals surface area contributed by atoms with Crippen LogP contribution in [0.15, 0.2) is 12.4 Å². The average Bonchev–Trinajstić information content (AvgIpc) is 2.37. The number of amides is 1. The Morgan fingerprint density at radius 1 is 1.33 bits per heavy atom. The average molecular weight is 253 g/mol. The molecule has 0 atom stereocenters. The molecule has 0 aliphatic rings. The molecule has 18 heavy (non-hydrogen) atoms. The summed E-state index contributed by atoms with van der Waals surface area (Å²) >= 11 is 0. The van der Waals surface area contributed by atoms with Gasteiger partial charge in [-0.3, -0.25) is 9.78 Å². The Morgan fingerprint density at radius 3 is 2.72 bits per heavy atom. The molecular formula is C11H15N3O4. The molecule has 1 rings (SSSR count). The third kappa shape index (κ3) is 4.88. The fourth-order valence-corrected chi connectivity index (χ4v) is 1.05. The van der Waals surface area contributed by atoms with Crippen LogP contribution in [0.3, 0.4) is 0 Å². The summed E-state index contributed by atoms with van der Waals surface area (Å²) in [5, 5.41) is 2.52. The molecule has 0 saturated heterocycles. The maximum atomic E-state index is 11.5. The van der Waals surface area contributed by atoms with E-state index in [2.05, 4.69) is 15.3 Å². The van der Waals surface area contributed by atoms with Crippen molar-refractivity contribution in [2.45, 2.75) is 6.92 Å². The molecule has 1 aromatic rings. The lowest BCUT2D eigenvalue weighted by molar-refractivity contribution is -0.124. The van der Waals surface area contributed by atoms with Crippen LogP contribution < -0.4 is 5.32 Å². The smallest absolute Gasteiger partial charge is 0.359 e. The topological polar surface area (TPSA) is 90.4 Å². The molecule has 98 valence electrons. The van der Waals surface area contributed by atoms with Crippen molar-refractivity contribution in [2.75, 3.05) is 26.9 Å². The molecule has 0 bridgehead atoms. The monoisotopic (exact) mass is 253 g/mol. The largest absolute Gasteiger partial charge is 0.451 e. The van der Waals surface area contributed by atoms with Crippen LogP contribution in [0.1, 0.15) is 16.2 Å². The van der Waals surface area contributed by atoms with Crippen molar-refractivity contribution in [3.63, 3.8) is 0 Å². The zero-order valence-electron chi connectivity index (χ0n) is 10.3. The Bertz CT molecular complexity index is 405. The highest BCUT2D eigenvalue weighted by atomic mass is 16.5. The zero-order valence-corrected chi connectivity index (χ0v) is 10.3. The fraction of sp³-hybridized carbons (Fsp3) is 0.455. The number of ether oxygens (including phenoxy) is 2. The van der Waals surface area contributed by atoms with Gasteiger partial charge < -0.3 is 14.8 Å². The summed E-state index contributed by atoms with van der Waals surface area (Å²) in [6, 6.07) is 0. The zero-order chi connectivity index (χ0) is 13.4. The van der Waals surface area contributed by atoms with Crippen LogP contribution in [0.25, 0.3) is 0 Å². The first kappa shape index (κ1) is 14.0. The number of hydrogen-bond donors (Lipinski definition) is 1. The first-order valence-electron chi connectivity index (χ1n) is 5.35. The molecule has 1 aromatic heterocycles. The highest BCUT2D eigenvalue weighted by molar-refractivity contribution is 5.89. The normalized spacial score (nSPS) is 9.89. The van der Waals surface area contributed by atoms with Gasteiger partial charge in [-0.1, -0.05) is 0 Å². The highest BCUT2D eigenvalue weighted by Crippen LogP contribution is 1.96. The molecule has 0 fully saturated rings. The molecule has 1 heterocycles. The van der Waals surface area contributed by atoms with Crippen molar-refractivity contribution in [1.29, 1.82) is 0 Å². The molecule has 0 radical (unpaired) electrons. The van der Waals surface area contributed by atoms with Crippen LogP contribution in [-0.4, -0.2) is 48.7 Å². The van der Waals surface area contributed by atoms with Gasteiger partial charge in [-0.25, -0.2) is 9.78 Å². The van der Waals surface area contributed by atoms with E-state index in [4.69, 9.17) is 9.47 Å². The van der Waals surface area contributed by atoms with E-state index in [9.17, 15) is 9.59 Å². The van der Waals surface area contributed by atoms with Gasteiger partial charge in [-0.05, 0) is 6.92 Å². The number of carbonyl (C=O) groups is 2. The Hall–Kier alpha value is -2.02. The number of rotatable bonds is 6. The van der Waals surface area contributed by atoms with Gasteiger partial charge in [0.15, 0.2) is 12.3 Å². The van der Waals surface area contributed by atoms with E-state index in [-0.39, 0.29) is 18.2 Å². The molecule has 1 amide bonds. The van der Waals surface area contributed by atoms with Crippen molar-refractivity contribution in [3.05, 3.63) is 23.8 Å². The second kappa shape index (κ2) is 7.33. The van der Waals surface area contributed by atoms with Crippen LogP contribution in [-0.2, 0) is 14.3 Å². The lowest BCUT2D eigenvalue weighted by atomic mass is 10.4. The minimum absolute atomic E-state index is 0.0743. The van der Waals surface area contributed by atoms with Crippen LogP contribution in [0.2, 0.25) is 0 Å². The summed E-state index contributed by atoms with van der Waals surface area (Å²) < 4.78 is 9.52. The minimum atomic E-state index is -0.676. The van der Waals surface area contributed by atoms with E-state index < -0.39 is 5.97 Å². The Labute approximate surface area is 105 Å². The molecule has 0 spiro atoms. The van der Waals surface area contributed by atoms with Crippen molar-refractivity contribution in [3.8, 4) is 0 Å². The highest BCUT2D eigenvalue weighted by Gasteiger charge is 2.11. The fourth-order valence-electron chi connectivity index (χ4n) is 1.05. The van der Waals surface area contributed by atoms with Gasteiger partial charge >= 0.3 is 5.97 Å². The van der Waals surface area contributed by atoms with Crippen molar-refractivity contribution < 1.29 is 19.1 Å². The van der Waals surface area contributed by atoms with E-state index in [0.717, 1.165) is 0 Å². The lowest BCUT2D eigenvalue weighted by Crippen LogP contribution is -2.31. The van der Waals surface area contributed by atoms with E-state index >= 15 is 0 Å². The molecule has 0 unspecified atom stereocenters. The number of esters is 1. The van der Waals surface area contributed by atoms with Crippen LogP contribution >= 0.6 is 0 Å².